The number of hydrogen-bond acceptors (Lipinski definition) is 2. The van der Waals surface area contributed by atoms with Gasteiger partial charge in [0, 0.05) is 17.1 Å². The quantitative estimate of drug-likeness (QED) is 0.626. The van der Waals surface area contributed by atoms with Crippen molar-refractivity contribution in [1.82, 2.24) is 5.32 Å². The van der Waals surface area contributed by atoms with Gasteiger partial charge in [-0.2, -0.15) is 13.2 Å². The van der Waals surface area contributed by atoms with Gasteiger partial charge in [-0.25, -0.2) is 4.39 Å². The fourth-order valence-electron chi connectivity index (χ4n) is 1.50. The molecule has 0 saturated carbocycles. The van der Waals surface area contributed by atoms with Gasteiger partial charge in [-0.1, -0.05) is 22.0 Å². The number of halogens is 5. The average Bonchev–Trinajstić information content (AvgIpc) is 2.26. The molecule has 2 nitrogen and oxygen atoms in total. The highest BCUT2D eigenvalue weighted by Gasteiger charge is 2.27. The Labute approximate surface area is 117 Å². The minimum absolute atomic E-state index is 0.0390. The molecule has 1 atom stereocenters. The molecule has 1 rings (SSSR count). The fraction of sp³-hybridized carbons (Fsp3) is 0.500. The number of nitrogens with one attached hydrogen (secondary N) is 1. The van der Waals surface area contributed by atoms with Gasteiger partial charge in [0.05, 0.1) is 6.61 Å². The molecule has 1 unspecified atom stereocenters. The molecule has 1 aromatic carbocycles. The Kier molecular flexibility index (Phi) is 6.22. The molecule has 0 fully saturated rings. The van der Waals surface area contributed by atoms with Gasteiger partial charge in [-0.3, -0.25) is 0 Å². The lowest BCUT2D eigenvalue weighted by Gasteiger charge is -2.16. The Balaban J connectivity index is 2.33. The number of benzene rings is 1. The van der Waals surface area contributed by atoms with Gasteiger partial charge in [0.25, 0.3) is 0 Å². The van der Waals surface area contributed by atoms with E-state index in [9.17, 15) is 17.6 Å². The van der Waals surface area contributed by atoms with Crippen LogP contribution in [0.2, 0.25) is 0 Å². The monoisotopic (exact) mass is 343 g/mol. The van der Waals surface area contributed by atoms with Crippen molar-refractivity contribution < 1.29 is 22.3 Å². The Morgan fingerprint density at radius 2 is 2.05 bits per heavy atom. The minimum atomic E-state index is -4.30. The third kappa shape index (κ3) is 6.35. The SMILES string of the molecule is CC(NCCOCC(F)(F)F)c1ccc(F)cc1Br. The lowest BCUT2D eigenvalue weighted by molar-refractivity contribution is -0.173. The van der Waals surface area contributed by atoms with Crippen LogP contribution >= 0.6 is 15.9 Å². The van der Waals surface area contributed by atoms with Crippen LogP contribution in [0.15, 0.2) is 22.7 Å². The van der Waals surface area contributed by atoms with E-state index in [1.54, 1.807) is 6.07 Å². The van der Waals surface area contributed by atoms with Crippen LogP contribution in [-0.4, -0.2) is 25.9 Å². The molecule has 0 bridgehead atoms. The fourth-order valence-corrected chi connectivity index (χ4v) is 2.19. The Hall–Kier alpha value is -0.660. The van der Waals surface area contributed by atoms with Crippen LogP contribution in [-0.2, 0) is 4.74 Å². The van der Waals surface area contributed by atoms with Crippen LogP contribution in [0.25, 0.3) is 0 Å². The molecule has 0 saturated heterocycles. The molecular formula is C12H14BrF4NO. The van der Waals surface area contributed by atoms with Crippen molar-refractivity contribution in [3.8, 4) is 0 Å². The molecule has 0 spiro atoms. The third-order valence-electron chi connectivity index (χ3n) is 2.39. The van der Waals surface area contributed by atoms with Crippen LogP contribution in [0.4, 0.5) is 17.6 Å². The molecule has 0 aliphatic carbocycles. The van der Waals surface area contributed by atoms with E-state index in [0.29, 0.717) is 4.47 Å². The van der Waals surface area contributed by atoms with Crippen molar-refractivity contribution >= 4 is 15.9 Å². The third-order valence-corrected chi connectivity index (χ3v) is 3.08. The first-order valence-corrected chi connectivity index (χ1v) is 6.42. The van der Waals surface area contributed by atoms with E-state index in [0.717, 1.165) is 5.56 Å². The highest BCUT2D eigenvalue weighted by molar-refractivity contribution is 9.10. The van der Waals surface area contributed by atoms with Crippen molar-refractivity contribution in [3.63, 3.8) is 0 Å². The van der Waals surface area contributed by atoms with E-state index in [1.165, 1.54) is 12.1 Å². The zero-order valence-electron chi connectivity index (χ0n) is 10.2. The minimum Gasteiger partial charge on any atom is -0.371 e. The van der Waals surface area contributed by atoms with Gasteiger partial charge in [0.15, 0.2) is 0 Å². The van der Waals surface area contributed by atoms with Gasteiger partial charge < -0.3 is 10.1 Å². The maximum Gasteiger partial charge on any atom is 0.411 e. The van der Waals surface area contributed by atoms with Crippen LogP contribution in [0.5, 0.6) is 0 Å². The van der Waals surface area contributed by atoms with Crippen molar-refractivity contribution in [2.24, 2.45) is 0 Å². The molecule has 108 valence electrons. The van der Waals surface area contributed by atoms with Gasteiger partial charge in [0.2, 0.25) is 0 Å². The standard InChI is InChI=1S/C12H14BrF4NO/c1-8(10-3-2-9(14)6-11(10)13)18-4-5-19-7-12(15,16)17/h2-3,6,8,18H,4-5,7H2,1H3. The molecule has 0 aliphatic rings. The maximum absolute atomic E-state index is 12.9. The molecule has 0 radical (unpaired) electrons. The van der Waals surface area contributed by atoms with Gasteiger partial charge in [-0.05, 0) is 24.6 Å². The zero-order valence-corrected chi connectivity index (χ0v) is 11.8. The second-order valence-corrected chi connectivity index (χ2v) is 4.86. The van der Waals surface area contributed by atoms with E-state index in [2.05, 4.69) is 26.0 Å². The molecule has 0 aromatic heterocycles. The topological polar surface area (TPSA) is 21.3 Å². The maximum atomic E-state index is 12.9. The molecule has 0 amide bonds. The molecule has 1 aromatic rings. The summed E-state index contributed by atoms with van der Waals surface area (Å²) in [5.41, 5.74) is 0.831. The van der Waals surface area contributed by atoms with Crippen LogP contribution in [0.3, 0.4) is 0 Å². The second-order valence-electron chi connectivity index (χ2n) is 4.01. The smallest absolute Gasteiger partial charge is 0.371 e. The van der Waals surface area contributed by atoms with Crippen LogP contribution in [0.1, 0.15) is 18.5 Å². The lowest BCUT2D eigenvalue weighted by Crippen LogP contribution is -2.26. The summed E-state index contributed by atoms with van der Waals surface area (Å²) >= 11 is 3.24. The molecule has 0 heterocycles. The Morgan fingerprint density at radius 1 is 1.37 bits per heavy atom. The summed E-state index contributed by atoms with van der Waals surface area (Å²) in [6.07, 6.45) is -4.30. The van der Waals surface area contributed by atoms with Crippen LogP contribution in [0, 0.1) is 5.82 Å². The summed E-state index contributed by atoms with van der Waals surface area (Å²) in [5.74, 6) is -0.351. The van der Waals surface area contributed by atoms with E-state index in [4.69, 9.17) is 0 Å². The lowest BCUT2D eigenvalue weighted by atomic mass is 10.1. The highest BCUT2D eigenvalue weighted by Crippen LogP contribution is 2.24. The van der Waals surface area contributed by atoms with E-state index in [-0.39, 0.29) is 25.0 Å². The van der Waals surface area contributed by atoms with Crippen molar-refractivity contribution in [2.75, 3.05) is 19.8 Å². The molecule has 19 heavy (non-hydrogen) atoms. The zero-order chi connectivity index (χ0) is 14.5. The van der Waals surface area contributed by atoms with Gasteiger partial charge >= 0.3 is 6.18 Å². The number of ether oxygens (including phenoxy) is 1. The highest BCUT2D eigenvalue weighted by atomic mass is 79.9. The Morgan fingerprint density at radius 3 is 2.63 bits per heavy atom. The second kappa shape index (κ2) is 7.21. The summed E-state index contributed by atoms with van der Waals surface area (Å²) in [4.78, 5) is 0. The predicted octanol–water partition coefficient (Wildman–Crippen LogP) is 3.82. The van der Waals surface area contributed by atoms with Crippen LogP contribution < -0.4 is 5.32 Å². The number of hydrogen-bond donors (Lipinski definition) is 1. The van der Waals surface area contributed by atoms with Gasteiger partial charge in [-0.15, -0.1) is 0 Å². The first-order valence-electron chi connectivity index (χ1n) is 5.62. The Bertz CT molecular complexity index is 411. The van der Waals surface area contributed by atoms with E-state index in [1.807, 2.05) is 6.92 Å². The summed E-state index contributed by atoms with van der Waals surface area (Å²) < 4.78 is 53.4. The molecule has 0 aliphatic heterocycles. The largest absolute Gasteiger partial charge is 0.411 e. The van der Waals surface area contributed by atoms with E-state index >= 15 is 0 Å². The molecule has 1 N–H and O–H groups in total. The average molecular weight is 344 g/mol. The first kappa shape index (κ1) is 16.4. The normalized spacial score (nSPS) is 13.6. The molecule has 7 heteroatoms. The number of alkyl halides is 3. The summed E-state index contributed by atoms with van der Waals surface area (Å²) in [6, 6.07) is 4.17. The van der Waals surface area contributed by atoms with Gasteiger partial charge in [0.1, 0.15) is 12.4 Å². The van der Waals surface area contributed by atoms with E-state index < -0.39 is 12.8 Å². The van der Waals surface area contributed by atoms with Crippen molar-refractivity contribution in [1.29, 1.82) is 0 Å². The number of rotatable bonds is 6. The summed E-state index contributed by atoms with van der Waals surface area (Å²) in [5, 5.41) is 3.00. The summed E-state index contributed by atoms with van der Waals surface area (Å²) in [6.45, 7) is 0.828. The first-order chi connectivity index (χ1) is 8.79. The molecular weight excluding hydrogens is 330 g/mol. The predicted molar refractivity (Wildman–Crippen MR) is 67.4 cm³/mol. The van der Waals surface area contributed by atoms with Crippen molar-refractivity contribution in [3.05, 3.63) is 34.1 Å². The summed E-state index contributed by atoms with van der Waals surface area (Å²) in [7, 11) is 0. The van der Waals surface area contributed by atoms with Crippen molar-refractivity contribution in [2.45, 2.75) is 19.1 Å².